The molecule has 8 nitrogen and oxygen atoms in total. The van der Waals surface area contributed by atoms with E-state index in [1.54, 1.807) is 18.3 Å². The van der Waals surface area contributed by atoms with E-state index in [2.05, 4.69) is 38.6 Å². The molecule has 0 amide bonds. The predicted molar refractivity (Wildman–Crippen MR) is 150 cm³/mol. The lowest BCUT2D eigenvalue weighted by molar-refractivity contribution is 0.439. The Bertz CT molecular complexity index is 1940. The number of unbranched alkanes of at least 4 members (excludes halogenated alkanes) is 2. The van der Waals surface area contributed by atoms with E-state index >= 15 is 0 Å². The summed E-state index contributed by atoms with van der Waals surface area (Å²) in [5.74, 6) is -0.237. The van der Waals surface area contributed by atoms with Gasteiger partial charge in [-0.1, -0.05) is 36.6 Å². The van der Waals surface area contributed by atoms with Crippen molar-refractivity contribution >= 4 is 43.3 Å². The molecule has 39 heavy (non-hydrogen) atoms. The summed E-state index contributed by atoms with van der Waals surface area (Å²) >= 11 is 0. The molecule has 0 fully saturated rings. The van der Waals surface area contributed by atoms with Crippen molar-refractivity contribution in [1.29, 1.82) is 5.26 Å². The Kier molecular flexibility index (Phi) is 7.10. The first-order valence-electron chi connectivity index (χ1n) is 12.9. The third-order valence-electron chi connectivity index (χ3n) is 6.92. The molecule has 0 saturated carbocycles. The Balaban J connectivity index is 1.85. The van der Waals surface area contributed by atoms with Crippen LogP contribution in [0.5, 0.6) is 5.75 Å². The molecule has 0 bridgehead atoms. The van der Waals surface area contributed by atoms with Crippen LogP contribution in [0.4, 0.5) is 3.89 Å². The Hall–Kier alpha value is -4.23. The van der Waals surface area contributed by atoms with Crippen molar-refractivity contribution < 1.29 is 16.5 Å². The number of aromatic nitrogens is 3. The maximum Gasteiger partial charge on any atom is 0.488 e. The molecular formula is C29H27FN4O4S. The second kappa shape index (κ2) is 10.5. The van der Waals surface area contributed by atoms with E-state index in [1.807, 2.05) is 18.2 Å². The van der Waals surface area contributed by atoms with Crippen LogP contribution in [0.1, 0.15) is 50.7 Å². The van der Waals surface area contributed by atoms with Crippen LogP contribution in [-0.4, -0.2) is 23.0 Å². The summed E-state index contributed by atoms with van der Waals surface area (Å²) in [6.07, 6.45) is 7.00. The molecule has 3 heterocycles. The van der Waals surface area contributed by atoms with Crippen LogP contribution in [-0.2, 0) is 23.5 Å². The molecule has 0 aliphatic rings. The van der Waals surface area contributed by atoms with Crippen molar-refractivity contribution in [1.82, 2.24) is 14.5 Å². The van der Waals surface area contributed by atoms with Gasteiger partial charge in [0, 0.05) is 34.6 Å². The van der Waals surface area contributed by atoms with E-state index in [1.165, 1.54) is 6.07 Å². The summed E-state index contributed by atoms with van der Waals surface area (Å²) in [7, 11) is -5.21. The molecule has 3 aromatic heterocycles. The Morgan fingerprint density at radius 2 is 1.87 bits per heavy atom. The van der Waals surface area contributed by atoms with Gasteiger partial charge in [-0.05, 0) is 60.7 Å². The number of nitrogens with zero attached hydrogens (tertiary/aromatic N) is 3. The topological polar surface area (TPSA) is 118 Å². The van der Waals surface area contributed by atoms with Crippen molar-refractivity contribution in [3.05, 3.63) is 70.1 Å². The van der Waals surface area contributed by atoms with Crippen molar-refractivity contribution in [2.45, 2.75) is 52.5 Å². The van der Waals surface area contributed by atoms with Crippen LogP contribution in [0.15, 0.2) is 53.6 Å². The fourth-order valence-electron chi connectivity index (χ4n) is 5.10. The monoisotopic (exact) mass is 546 g/mol. The molecule has 0 unspecified atom stereocenters. The first-order chi connectivity index (χ1) is 18.7. The molecule has 200 valence electrons. The van der Waals surface area contributed by atoms with Crippen LogP contribution in [0.25, 0.3) is 44.0 Å². The number of hydrogen-bond donors (Lipinski definition) is 1. The third-order valence-corrected chi connectivity index (χ3v) is 7.31. The van der Waals surface area contributed by atoms with Gasteiger partial charge in [-0.3, -0.25) is 9.78 Å². The smallest absolute Gasteiger partial charge is 0.357 e. The van der Waals surface area contributed by atoms with Gasteiger partial charge in [0.25, 0.3) is 0 Å². The number of nitriles is 1. The molecule has 0 aliphatic heterocycles. The second-order valence-electron chi connectivity index (χ2n) is 9.57. The maximum atomic E-state index is 14.0. The standard InChI is InChI=1S/C29H27FN4O4S/c1-3-5-7-19-13-24-26(14-23(19)20-12-21(17-32-16-20)38-39(30,36)37)34(10-6-4-2)29-27(28(24)35)22-9-8-18(15-31)11-25(22)33-29/h8-9,11-14,16-17,33H,3-7,10H2,1-2H3. The number of H-pyrrole nitrogens is 1. The zero-order valence-corrected chi connectivity index (χ0v) is 22.4. The highest BCUT2D eigenvalue weighted by atomic mass is 32.3. The maximum absolute atomic E-state index is 14.0. The molecule has 1 N–H and O–H groups in total. The van der Waals surface area contributed by atoms with E-state index in [0.717, 1.165) is 53.9 Å². The van der Waals surface area contributed by atoms with E-state index < -0.39 is 10.5 Å². The van der Waals surface area contributed by atoms with Crippen molar-refractivity contribution in [2.75, 3.05) is 0 Å². The lowest BCUT2D eigenvalue weighted by Gasteiger charge is -2.17. The summed E-state index contributed by atoms with van der Waals surface area (Å²) < 4.78 is 41.9. The lowest BCUT2D eigenvalue weighted by Crippen LogP contribution is -2.12. The van der Waals surface area contributed by atoms with Gasteiger partial charge >= 0.3 is 10.5 Å². The number of aryl methyl sites for hydroxylation is 2. The van der Waals surface area contributed by atoms with Crippen LogP contribution in [0, 0.1) is 11.3 Å². The summed E-state index contributed by atoms with van der Waals surface area (Å²) in [6, 6.07) is 12.7. The summed E-state index contributed by atoms with van der Waals surface area (Å²) in [4.78, 5) is 21.4. The molecule has 0 atom stereocenters. The number of fused-ring (bicyclic) bond motifs is 4. The van der Waals surface area contributed by atoms with Crippen molar-refractivity contribution in [3.63, 3.8) is 0 Å². The highest BCUT2D eigenvalue weighted by molar-refractivity contribution is 7.81. The number of benzene rings is 2. The predicted octanol–water partition coefficient (Wildman–Crippen LogP) is 6.31. The second-order valence-corrected chi connectivity index (χ2v) is 10.5. The summed E-state index contributed by atoms with van der Waals surface area (Å²) in [5, 5.41) is 11.3. The molecule has 10 heteroatoms. The average Bonchev–Trinajstić information content (AvgIpc) is 3.29. The van der Waals surface area contributed by atoms with Gasteiger partial charge in [-0.2, -0.15) is 13.7 Å². The van der Waals surface area contributed by atoms with E-state index in [-0.39, 0.29) is 11.2 Å². The fourth-order valence-corrected chi connectivity index (χ4v) is 5.42. The first-order valence-corrected chi connectivity index (χ1v) is 14.2. The van der Waals surface area contributed by atoms with E-state index in [4.69, 9.17) is 0 Å². The van der Waals surface area contributed by atoms with Crippen LogP contribution in [0.3, 0.4) is 0 Å². The van der Waals surface area contributed by atoms with Gasteiger partial charge in [0.05, 0.1) is 28.7 Å². The highest BCUT2D eigenvalue weighted by Gasteiger charge is 2.20. The number of halogens is 1. The average molecular weight is 547 g/mol. The van der Waals surface area contributed by atoms with Gasteiger partial charge in [-0.15, -0.1) is 0 Å². The number of hydrogen-bond acceptors (Lipinski definition) is 6. The van der Waals surface area contributed by atoms with Crippen LogP contribution < -0.4 is 9.61 Å². The van der Waals surface area contributed by atoms with Gasteiger partial charge < -0.3 is 13.7 Å². The molecular weight excluding hydrogens is 519 g/mol. The minimum absolute atomic E-state index is 0.105. The molecule has 5 rings (SSSR count). The quantitative estimate of drug-likeness (QED) is 0.217. The highest BCUT2D eigenvalue weighted by Crippen LogP contribution is 2.34. The number of nitrogens with one attached hydrogen (secondary N) is 1. The number of rotatable bonds is 9. The van der Waals surface area contributed by atoms with Gasteiger partial charge in [0.2, 0.25) is 0 Å². The Labute approximate surface area is 225 Å². The Morgan fingerprint density at radius 1 is 1.08 bits per heavy atom. The summed E-state index contributed by atoms with van der Waals surface area (Å²) in [6.45, 7) is 4.82. The minimum Gasteiger partial charge on any atom is -0.357 e. The largest absolute Gasteiger partial charge is 0.488 e. The number of pyridine rings is 2. The Morgan fingerprint density at radius 3 is 2.59 bits per heavy atom. The van der Waals surface area contributed by atoms with Crippen LogP contribution >= 0.6 is 0 Å². The molecule has 0 spiro atoms. The van der Waals surface area contributed by atoms with E-state index in [9.17, 15) is 22.4 Å². The number of aromatic amines is 1. The molecule has 5 aromatic rings. The SMILES string of the molecule is CCCCc1cc2c(=O)c3c4ccc(C#N)cc4[nH]c3n(CCCC)c2cc1-c1cncc(OS(=O)(=O)F)c1. The zero-order valence-electron chi connectivity index (χ0n) is 21.6. The van der Waals surface area contributed by atoms with Crippen LogP contribution in [0.2, 0.25) is 0 Å². The first kappa shape index (κ1) is 26.4. The van der Waals surface area contributed by atoms with Crippen molar-refractivity contribution in [3.8, 4) is 22.9 Å². The van der Waals surface area contributed by atoms with Crippen molar-refractivity contribution in [2.24, 2.45) is 0 Å². The third kappa shape index (κ3) is 5.10. The lowest BCUT2D eigenvalue weighted by atomic mass is 9.94. The molecule has 2 aromatic carbocycles. The molecule has 0 radical (unpaired) electrons. The molecule has 0 saturated heterocycles. The fraction of sp³-hybridized carbons (Fsp3) is 0.276. The van der Waals surface area contributed by atoms with E-state index in [0.29, 0.717) is 46.0 Å². The summed E-state index contributed by atoms with van der Waals surface area (Å²) in [5.41, 5.74) is 4.72. The normalized spacial score (nSPS) is 11.8. The minimum atomic E-state index is -5.21. The van der Waals surface area contributed by atoms with Gasteiger partial charge in [0.15, 0.2) is 11.2 Å². The molecule has 0 aliphatic carbocycles. The zero-order chi connectivity index (χ0) is 27.7. The van der Waals surface area contributed by atoms with Gasteiger partial charge in [0.1, 0.15) is 5.65 Å². The van der Waals surface area contributed by atoms with Gasteiger partial charge in [-0.25, -0.2) is 0 Å².